The molecule has 0 aromatic heterocycles. The molecule has 2 aromatic carbocycles. The van der Waals surface area contributed by atoms with E-state index in [0.29, 0.717) is 43.2 Å². The van der Waals surface area contributed by atoms with Gasteiger partial charge in [-0.1, -0.05) is 17.7 Å². The second-order valence-electron chi connectivity index (χ2n) is 6.08. The summed E-state index contributed by atoms with van der Waals surface area (Å²) in [6.45, 7) is 2.91. The molecule has 6 nitrogen and oxygen atoms in total. The molecule has 0 atom stereocenters. The minimum Gasteiger partial charge on any atom is -0.494 e. The second kappa shape index (κ2) is 10.3. The van der Waals surface area contributed by atoms with Crippen LogP contribution in [0.15, 0.2) is 36.4 Å². The number of methoxy groups -OCH3 is 3. The van der Waals surface area contributed by atoms with Crippen molar-refractivity contribution in [3.63, 3.8) is 0 Å². The maximum Gasteiger partial charge on any atom is 0.220 e. The van der Waals surface area contributed by atoms with Crippen LogP contribution in [0.1, 0.15) is 24.0 Å². The lowest BCUT2D eigenvalue weighted by Crippen LogP contribution is -2.23. The molecule has 1 N–H and O–H groups in total. The molecular weight excluding hydrogens is 346 g/mol. The molecule has 146 valence electrons. The molecule has 2 rings (SSSR count). The number of hydrogen-bond donors (Lipinski definition) is 1. The molecule has 0 aliphatic heterocycles. The summed E-state index contributed by atoms with van der Waals surface area (Å²) in [7, 11) is 4.68. The zero-order chi connectivity index (χ0) is 19.6. The molecule has 27 heavy (non-hydrogen) atoms. The van der Waals surface area contributed by atoms with Gasteiger partial charge in [0.15, 0.2) is 11.5 Å². The van der Waals surface area contributed by atoms with Gasteiger partial charge in [-0.3, -0.25) is 4.79 Å². The molecule has 0 unspecified atom stereocenters. The summed E-state index contributed by atoms with van der Waals surface area (Å²) >= 11 is 0. The molecule has 0 spiro atoms. The van der Waals surface area contributed by atoms with Gasteiger partial charge in [-0.05, 0) is 43.2 Å². The van der Waals surface area contributed by atoms with Crippen molar-refractivity contribution in [2.45, 2.75) is 26.3 Å². The first kappa shape index (κ1) is 20.4. The summed E-state index contributed by atoms with van der Waals surface area (Å²) in [5.41, 5.74) is 2.06. The van der Waals surface area contributed by atoms with Crippen molar-refractivity contribution in [3.05, 3.63) is 47.5 Å². The Labute approximate surface area is 160 Å². The highest BCUT2D eigenvalue weighted by Gasteiger charge is 2.13. The largest absolute Gasteiger partial charge is 0.494 e. The Bertz CT molecular complexity index is 718. The molecule has 0 heterocycles. The molecule has 0 saturated carbocycles. The number of hydrogen-bond acceptors (Lipinski definition) is 5. The van der Waals surface area contributed by atoms with E-state index in [1.807, 2.05) is 43.3 Å². The van der Waals surface area contributed by atoms with E-state index < -0.39 is 0 Å². The van der Waals surface area contributed by atoms with Gasteiger partial charge in [-0.25, -0.2) is 0 Å². The number of amides is 1. The second-order valence-corrected chi connectivity index (χ2v) is 6.08. The lowest BCUT2D eigenvalue weighted by atomic mass is 10.1. The fourth-order valence-electron chi connectivity index (χ4n) is 2.58. The number of carbonyl (C=O) groups excluding carboxylic acids is 1. The fraction of sp³-hybridized carbons (Fsp3) is 0.381. The number of nitrogens with one attached hydrogen (secondary N) is 1. The monoisotopic (exact) mass is 373 g/mol. The summed E-state index contributed by atoms with van der Waals surface area (Å²) in [6.07, 6.45) is 1.05. The van der Waals surface area contributed by atoms with Crippen molar-refractivity contribution < 1.29 is 23.7 Å². The minimum atomic E-state index is -0.0312. The number of rotatable bonds is 10. The van der Waals surface area contributed by atoms with Crippen LogP contribution in [0.25, 0.3) is 0 Å². The van der Waals surface area contributed by atoms with E-state index in [2.05, 4.69) is 5.32 Å². The molecular formula is C21H27NO5. The van der Waals surface area contributed by atoms with E-state index in [-0.39, 0.29) is 5.91 Å². The van der Waals surface area contributed by atoms with Crippen molar-refractivity contribution in [2.75, 3.05) is 27.9 Å². The topological polar surface area (TPSA) is 66.0 Å². The SMILES string of the molecule is COc1cc(CNC(=O)CCCOc2ccc(C)cc2)cc(OC)c1OC. The third-order valence-electron chi connectivity index (χ3n) is 4.05. The number of aryl methyl sites for hydroxylation is 1. The zero-order valence-corrected chi connectivity index (χ0v) is 16.3. The lowest BCUT2D eigenvalue weighted by molar-refractivity contribution is -0.121. The van der Waals surface area contributed by atoms with Gasteiger partial charge in [-0.2, -0.15) is 0 Å². The summed E-state index contributed by atoms with van der Waals surface area (Å²) in [6, 6.07) is 11.5. The first-order valence-electron chi connectivity index (χ1n) is 8.82. The van der Waals surface area contributed by atoms with Crippen LogP contribution in [0.2, 0.25) is 0 Å². The van der Waals surface area contributed by atoms with Crippen LogP contribution in [-0.4, -0.2) is 33.8 Å². The number of carbonyl (C=O) groups is 1. The summed E-state index contributed by atoms with van der Waals surface area (Å²) < 4.78 is 21.6. The smallest absolute Gasteiger partial charge is 0.220 e. The highest BCUT2D eigenvalue weighted by molar-refractivity contribution is 5.75. The highest BCUT2D eigenvalue weighted by atomic mass is 16.5. The van der Waals surface area contributed by atoms with Crippen LogP contribution in [0.4, 0.5) is 0 Å². The third-order valence-corrected chi connectivity index (χ3v) is 4.05. The van der Waals surface area contributed by atoms with Gasteiger partial charge < -0.3 is 24.3 Å². The molecule has 2 aromatic rings. The number of ether oxygens (including phenoxy) is 4. The summed E-state index contributed by atoms with van der Waals surface area (Å²) in [4.78, 5) is 12.1. The average molecular weight is 373 g/mol. The highest BCUT2D eigenvalue weighted by Crippen LogP contribution is 2.38. The van der Waals surface area contributed by atoms with Crippen molar-refractivity contribution >= 4 is 5.91 Å². The van der Waals surface area contributed by atoms with Crippen molar-refractivity contribution in [1.29, 1.82) is 0 Å². The van der Waals surface area contributed by atoms with Gasteiger partial charge in [0.05, 0.1) is 27.9 Å². The van der Waals surface area contributed by atoms with Crippen LogP contribution in [0.3, 0.4) is 0 Å². The van der Waals surface area contributed by atoms with Gasteiger partial charge >= 0.3 is 0 Å². The van der Waals surface area contributed by atoms with Gasteiger partial charge in [0, 0.05) is 13.0 Å². The van der Waals surface area contributed by atoms with Crippen LogP contribution in [0, 0.1) is 6.92 Å². The first-order valence-corrected chi connectivity index (χ1v) is 8.82. The summed E-state index contributed by atoms with van der Waals surface area (Å²) in [5.74, 6) is 2.44. The predicted molar refractivity (Wildman–Crippen MR) is 104 cm³/mol. The Hall–Kier alpha value is -2.89. The van der Waals surface area contributed by atoms with E-state index in [9.17, 15) is 4.79 Å². The standard InChI is InChI=1S/C21H27NO5/c1-15-7-9-17(10-8-15)27-11-5-6-20(23)22-14-16-12-18(24-2)21(26-4)19(13-16)25-3/h7-10,12-13H,5-6,11,14H2,1-4H3,(H,22,23). The van der Waals surface area contributed by atoms with Gasteiger partial charge in [-0.15, -0.1) is 0 Å². The summed E-state index contributed by atoms with van der Waals surface area (Å²) in [5, 5.41) is 2.90. The van der Waals surface area contributed by atoms with Crippen LogP contribution < -0.4 is 24.3 Å². The first-order chi connectivity index (χ1) is 13.1. The fourth-order valence-corrected chi connectivity index (χ4v) is 2.58. The lowest BCUT2D eigenvalue weighted by Gasteiger charge is -2.14. The van der Waals surface area contributed by atoms with Crippen LogP contribution in [0.5, 0.6) is 23.0 Å². The van der Waals surface area contributed by atoms with E-state index in [1.54, 1.807) is 21.3 Å². The molecule has 1 amide bonds. The normalized spacial score (nSPS) is 10.2. The van der Waals surface area contributed by atoms with Crippen molar-refractivity contribution in [1.82, 2.24) is 5.32 Å². The van der Waals surface area contributed by atoms with Gasteiger partial charge in [0.2, 0.25) is 11.7 Å². The zero-order valence-electron chi connectivity index (χ0n) is 16.3. The molecule has 6 heteroatoms. The van der Waals surface area contributed by atoms with E-state index >= 15 is 0 Å². The molecule has 0 saturated heterocycles. The van der Waals surface area contributed by atoms with Crippen molar-refractivity contribution in [2.24, 2.45) is 0 Å². The predicted octanol–water partition coefficient (Wildman–Crippen LogP) is 3.50. The molecule has 0 aliphatic rings. The Morgan fingerprint density at radius 1 is 0.963 bits per heavy atom. The van der Waals surface area contributed by atoms with Crippen molar-refractivity contribution in [3.8, 4) is 23.0 Å². The maximum absolute atomic E-state index is 12.1. The Morgan fingerprint density at radius 2 is 1.59 bits per heavy atom. The van der Waals surface area contributed by atoms with Crippen LogP contribution >= 0.6 is 0 Å². The Balaban J connectivity index is 1.78. The van der Waals surface area contributed by atoms with Crippen LogP contribution in [-0.2, 0) is 11.3 Å². The van der Waals surface area contributed by atoms with Gasteiger partial charge in [0.25, 0.3) is 0 Å². The third kappa shape index (κ3) is 6.09. The molecule has 0 radical (unpaired) electrons. The Morgan fingerprint density at radius 3 is 2.15 bits per heavy atom. The van der Waals surface area contributed by atoms with Gasteiger partial charge in [0.1, 0.15) is 5.75 Å². The molecule has 0 fully saturated rings. The quantitative estimate of drug-likeness (QED) is 0.646. The average Bonchev–Trinajstić information content (AvgIpc) is 2.70. The maximum atomic E-state index is 12.1. The van der Waals surface area contributed by atoms with E-state index in [1.165, 1.54) is 5.56 Å². The van der Waals surface area contributed by atoms with E-state index in [4.69, 9.17) is 18.9 Å². The van der Waals surface area contributed by atoms with E-state index in [0.717, 1.165) is 11.3 Å². The molecule has 0 aliphatic carbocycles. The molecule has 0 bridgehead atoms. The Kier molecular flexibility index (Phi) is 7.79. The number of benzene rings is 2. The minimum absolute atomic E-state index is 0.0312.